The van der Waals surface area contributed by atoms with Gasteiger partial charge in [-0.25, -0.2) is 0 Å². The number of fused-ring (bicyclic) bond motifs is 11. The molecule has 2 aliphatic heterocycles. The summed E-state index contributed by atoms with van der Waals surface area (Å²) in [6.07, 6.45) is 0. The van der Waals surface area contributed by atoms with Gasteiger partial charge in [0.2, 0.25) is 0 Å². The fraction of sp³-hybridized carbons (Fsp3) is 0.0526. The Kier molecular flexibility index (Phi) is 5.12. The standard InChI is InChI=1S/C38H28BN/c1-25-13-17-35-31(21-25)33-22-26(2)14-19-37(33)40-38-20-16-30(28-11-7-4-8-12-28)24-34(38)32-23-29(15-18-36(32)39(35)40)27-9-5-3-6-10-27/h3-24H,1-2H3. The molecule has 6 aromatic carbocycles. The lowest BCUT2D eigenvalue weighted by Gasteiger charge is -2.43. The van der Waals surface area contributed by atoms with Gasteiger partial charge in [0.15, 0.2) is 0 Å². The van der Waals surface area contributed by atoms with Gasteiger partial charge in [0.1, 0.15) is 0 Å². The predicted molar refractivity (Wildman–Crippen MR) is 171 cm³/mol. The van der Waals surface area contributed by atoms with Crippen molar-refractivity contribution in [2.45, 2.75) is 13.8 Å². The molecule has 0 saturated carbocycles. The average molecular weight is 509 g/mol. The average Bonchev–Trinajstić information content (AvgIpc) is 3.01. The zero-order valence-electron chi connectivity index (χ0n) is 22.7. The second-order valence-electron chi connectivity index (χ2n) is 11.1. The van der Waals surface area contributed by atoms with Crippen molar-refractivity contribution >= 4 is 29.1 Å². The van der Waals surface area contributed by atoms with Crippen LogP contribution in [0.4, 0.5) is 11.4 Å². The van der Waals surface area contributed by atoms with Crippen LogP contribution in [0.1, 0.15) is 11.1 Å². The van der Waals surface area contributed by atoms with Crippen molar-refractivity contribution in [3.05, 3.63) is 145 Å². The van der Waals surface area contributed by atoms with Crippen LogP contribution in [0.3, 0.4) is 0 Å². The molecule has 0 unspecified atom stereocenters. The van der Waals surface area contributed by atoms with Gasteiger partial charge in [-0.1, -0.05) is 114 Å². The molecule has 0 N–H and O–H groups in total. The lowest BCUT2D eigenvalue weighted by molar-refractivity contribution is 1.33. The molecule has 2 heterocycles. The van der Waals surface area contributed by atoms with E-state index in [1.807, 2.05) is 0 Å². The van der Waals surface area contributed by atoms with Crippen LogP contribution in [0.2, 0.25) is 0 Å². The van der Waals surface area contributed by atoms with Gasteiger partial charge in [0.25, 0.3) is 0 Å². The van der Waals surface area contributed by atoms with Gasteiger partial charge >= 0.3 is 6.85 Å². The van der Waals surface area contributed by atoms with Crippen molar-refractivity contribution in [1.82, 2.24) is 0 Å². The molecular weight excluding hydrogens is 481 g/mol. The zero-order chi connectivity index (χ0) is 26.8. The smallest absolute Gasteiger partial charge is 0.329 e. The van der Waals surface area contributed by atoms with E-state index < -0.39 is 0 Å². The highest BCUT2D eigenvalue weighted by molar-refractivity contribution is 6.92. The van der Waals surface area contributed by atoms with E-state index >= 15 is 0 Å². The Bertz CT molecular complexity index is 1780. The van der Waals surface area contributed by atoms with Crippen LogP contribution in [0.15, 0.2) is 133 Å². The third-order valence-corrected chi connectivity index (χ3v) is 8.57. The molecular formula is C38H28BN. The van der Waals surface area contributed by atoms with Crippen molar-refractivity contribution in [1.29, 1.82) is 0 Å². The van der Waals surface area contributed by atoms with E-state index in [1.54, 1.807) is 0 Å². The van der Waals surface area contributed by atoms with E-state index in [9.17, 15) is 0 Å². The van der Waals surface area contributed by atoms with Crippen LogP contribution in [0.25, 0.3) is 44.5 Å². The maximum absolute atomic E-state index is 2.58. The van der Waals surface area contributed by atoms with E-state index in [4.69, 9.17) is 0 Å². The van der Waals surface area contributed by atoms with Crippen LogP contribution in [0, 0.1) is 13.8 Å². The molecule has 0 spiro atoms. The lowest BCUT2D eigenvalue weighted by atomic mass is 9.43. The van der Waals surface area contributed by atoms with Gasteiger partial charge < -0.3 is 4.81 Å². The van der Waals surface area contributed by atoms with Crippen molar-refractivity contribution in [3.63, 3.8) is 0 Å². The summed E-state index contributed by atoms with van der Waals surface area (Å²) in [5.41, 5.74) is 18.1. The third-order valence-electron chi connectivity index (χ3n) is 8.57. The molecule has 8 rings (SSSR count). The van der Waals surface area contributed by atoms with Crippen LogP contribution in [-0.2, 0) is 0 Å². The van der Waals surface area contributed by atoms with Gasteiger partial charge in [-0.15, -0.1) is 0 Å². The Balaban J connectivity index is 1.44. The number of benzene rings is 6. The second kappa shape index (κ2) is 8.86. The van der Waals surface area contributed by atoms with E-state index in [-0.39, 0.29) is 6.85 Å². The lowest BCUT2D eigenvalue weighted by Crippen LogP contribution is -2.59. The molecule has 1 nitrogen and oxygen atoms in total. The molecule has 2 aliphatic rings. The van der Waals surface area contributed by atoms with Crippen molar-refractivity contribution in [2.24, 2.45) is 0 Å². The number of anilines is 2. The van der Waals surface area contributed by atoms with Gasteiger partial charge in [-0.3, -0.25) is 0 Å². The van der Waals surface area contributed by atoms with Crippen molar-refractivity contribution < 1.29 is 0 Å². The first kappa shape index (κ1) is 23.1. The number of hydrogen-bond donors (Lipinski definition) is 0. The van der Waals surface area contributed by atoms with Gasteiger partial charge in [0.05, 0.1) is 0 Å². The molecule has 40 heavy (non-hydrogen) atoms. The summed E-state index contributed by atoms with van der Waals surface area (Å²) in [5.74, 6) is 0. The summed E-state index contributed by atoms with van der Waals surface area (Å²) < 4.78 is 0. The Morgan fingerprint density at radius 2 is 0.850 bits per heavy atom. The van der Waals surface area contributed by atoms with Crippen LogP contribution in [-0.4, -0.2) is 6.85 Å². The largest absolute Gasteiger partial charge is 0.376 e. The molecule has 0 saturated heterocycles. The van der Waals surface area contributed by atoms with Crippen molar-refractivity contribution in [3.8, 4) is 44.5 Å². The Morgan fingerprint density at radius 3 is 1.50 bits per heavy atom. The Hall–Kier alpha value is -4.82. The fourth-order valence-electron chi connectivity index (χ4n) is 6.68. The Labute approximate surface area is 236 Å². The number of aryl methyl sites for hydroxylation is 2. The molecule has 0 amide bonds. The van der Waals surface area contributed by atoms with E-state index in [2.05, 4.69) is 152 Å². The third kappa shape index (κ3) is 3.49. The highest BCUT2D eigenvalue weighted by atomic mass is 15.1. The van der Waals surface area contributed by atoms with Crippen LogP contribution >= 0.6 is 0 Å². The maximum Gasteiger partial charge on any atom is 0.329 e. The first-order valence-corrected chi connectivity index (χ1v) is 14.1. The number of rotatable bonds is 2. The number of nitrogens with zero attached hydrogens (tertiary/aromatic N) is 1. The SMILES string of the molecule is Cc1ccc2c(c1)-c1cc(C)ccc1N1B2c2ccc(-c3ccccc3)cc2-c2cc(-c3ccccc3)ccc21. The summed E-state index contributed by atoms with van der Waals surface area (Å²) in [6.45, 7) is 4.50. The highest BCUT2D eigenvalue weighted by Crippen LogP contribution is 2.47. The minimum Gasteiger partial charge on any atom is -0.376 e. The van der Waals surface area contributed by atoms with Crippen molar-refractivity contribution in [2.75, 3.05) is 4.81 Å². The van der Waals surface area contributed by atoms with E-state index in [0.29, 0.717) is 0 Å². The summed E-state index contributed by atoms with van der Waals surface area (Å²) in [7, 11) is 0. The minimum atomic E-state index is 0.112. The van der Waals surface area contributed by atoms with Gasteiger partial charge in [-0.2, -0.15) is 0 Å². The monoisotopic (exact) mass is 509 g/mol. The minimum absolute atomic E-state index is 0.112. The first-order valence-electron chi connectivity index (χ1n) is 14.1. The normalized spacial score (nSPS) is 12.7. The summed E-state index contributed by atoms with van der Waals surface area (Å²) in [6, 6.07) is 49.5. The van der Waals surface area contributed by atoms with Crippen LogP contribution < -0.4 is 15.7 Å². The topological polar surface area (TPSA) is 3.24 Å². The quantitative estimate of drug-likeness (QED) is 0.212. The van der Waals surface area contributed by atoms with Gasteiger partial charge in [-0.05, 0) is 88.5 Å². The molecule has 0 atom stereocenters. The fourth-order valence-corrected chi connectivity index (χ4v) is 6.68. The van der Waals surface area contributed by atoms with Gasteiger partial charge in [0, 0.05) is 22.5 Å². The molecule has 0 bridgehead atoms. The number of hydrogen-bond acceptors (Lipinski definition) is 1. The van der Waals surface area contributed by atoms with Crippen LogP contribution in [0.5, 0.6) is 0 Å². The van der Waals surface area contributed by atoms with E-state index in [0.717, 1.165) is 0 Å². The molecule has 6 aromatic rings. The first-order chi connectivity index (χ1) is 19.7. The molecule has 0 radical (unpaired) electrons. The molecule has 0 aromatic heterocycles. The second-order valence-corrected chi connectivity index (χ2v) is 11.1. The molecule has 188 valence electrons. The predicted octanol–water partition coefficient (Wildman–Crippen LogP) is 8.54. The zero-order valence-corrected chi connectivity index (χ0v) is 22.7. The summed E-state index contributed by atoms with van der Waals surface area (Å²) in [5, 5.41) is 0. The Morgan fingerprint density at radius 1 is 0.400 bits per heavy atom. The van der Waals surface area contributed by atoms with E-state index in [1.165, 1.54) is 77.9 Å². The molecule has 0 fully saturated rings. The highest BCUT2D eigenvalue weighted by Gasteiger charge is 2.42. The summed E-state index contributed by atoms with van der Waals surface area (Å²) in [4.78, 5) is 2.58. The molecule has 0 aliphatic carbocycles. The summed E-state index contributed by atoms with van der Waals surface area (Å²) >= 11 is 0. The maximum atomic E-state index is 2.58. The molecule has 2 heteroatoms.